The number of carbonyl (C=O) groups is 1. The fourth-order valence-corrected chi connectivity index (χ4v) is 2.50. The highest BCUT2D eigenvalue weighted by Gasteiger charge is 2.38. The zero-order chi connectivity index (χ0) is 12.3. The lowest BCUT2D eigenvalue weighted by Crippen LogP contribution is -2.48. The Balaban J connectivity index is 2.64. The summed E-state index contributed by atoms with van der Waals surface area (Å²) in [4.78, 5) is 14.4. The lowest BCUT2D eigenvalue weighted by Gasteiger charge is -2.27. The van der Waals surface area contributed by atoms with Crippen LogP contribution in [0, 0.1) is 11.8 Å². The maximum atomic E-state index is 12.2. The lowest BCUT2D eigenvalue weighted by molar-refractivity contribution is -0.127. The van der Waals surface area contributed by atoms with Gasteiger partial charge in [-0.05, 0) is 45.2 Å². The Bertz CT molecular complexity index is 240. The molecule has 0 aliphatic carbocycles. The van der Waals surface area contributed by atoms with E-state index in [1.54, 1.807) is 0 Å². The van der Waals surface area contributed by atoms with Gasteiger partial charge in [0.1, 0.15) is 0 Å². The summed E-state index contributed by atoms with van der Waals surface area (Å²) in [6.07, 6.45) is 2.14. The molecular formula is C13H26N2O. The number of rotatable bonds is 4. The van der Waals surface area contributed by atoms with Crippen molar-refractivity contribution in [2.45, 2.75) is 52.6 Å². The summed E-state index contributed by atoms with van der Waals surface area (Å²) in [5.74, 6) is 1.31. The minimum atomic E-state index is 0.0778. The Hall–Kier alpha value is -0.570. The van der Waals surface area contributed by atoms with Gasteiger partial charge < -0.3 is 5.32 Å². The first kappa shape index (κ1) is 13.5. The normalized spacial score (nSPS) is 28.4. The first-order valence-electron chi connectivity index (χ1n) is 6.48. The van der Waals surface area contributed by atoms with Gasteiger partial charge in [-0.25, -0.2) is 0 Å². The van der Waals surface area contributed by atoms with E-state index in [2.05, 4.69) is 45.0 Å². The standard InChI is InChI=1S/C13H26N2O/c1-6-10(4)14-13(16)12-11(9(2)3)7-8-15(12)5/h9-12H,6-8H2,1-5H3,(H,14,16)/t10-,11-,12?/m1/s1. The molecule has 1 fully saturated rings. The third kappa shape index (κ3) is 2.97. The second-order valence-corrected chi connectivity index (χ2v) is 5.44. The molecule has 0 radical (unpaired) electrons. The maximum absolute atomic E-state index is 12.2. The highest BCUT2D eigenvalue weighted by atomic mass is 16.2. The Morgan fingerprint density at radius 3 is 2.56 bits per heavy atom. The van der Waals surface area contributed by atoms with Crippen molar-refractivity contribution in [3.63, 3.8) is 0 Å². The molecule has 1 heterocycles. The molecular weight excluding hydrogens is 200 g/mol. The quantitative estimate of drug-likeness (QED) is 0.794. The van der Waals surface area contributed by atoms with Crippen LogP contribution >= 0.6 is 0 Å². The largest absolute Gasteiger partial charge is 0.352 e. The summed E-state index contributed by atoms with van der Waals surface area (Å²) >= 11 is 0. The van der Waals surface area contributed by atoms with Crippen LogP contribution < -0.4 is 5.32 Å². The molecule has 1 aliphatic heterocycles. The van der Waals surface area contributed by atoms with Gasteiger partial charge in [0.25, 0.3) is 0 Å². The first-order valence-corrected chi connectivity index (χ1v) is 6.48. The van der Waals surface area contributed by atoms with E-state index in [9.17, 15) is 4.79 Å². The van der Waals surface area contributed by atoms with E-state index in [-0.39, 0.29) is 18.0 Å². The third-order valence-corrected chi connectivity index (χ3v) is 3.82. The van der Waals surface area contributed by atoms with Gasteiger partial charge in [0, 0.05) is 6.04 Å². The topological polar surface area (TPSA) is 32.3 Å². The minimum absolute atomic E-state index is 0.0778. The molecule has 1 rings (SSSR count). The van der Waals surface area contributed by atoms with Crippen LogP contribution in [0.25, 0.3) is 0 Å². The van der Waals surface area contributed by atoms with Crippen LogP contribution in [0.1, 0.15) is 40.5 Å². The molecule has 1 unspecified atom stereocenters. The highest BCUT2D eigenvalue weighted by Crippen LogP contribution is 2.29. The molecule has 0 aromatic heterocycles. The minimum Gasteiger partial charge on any atom is -0.352 e. The van der Waals surface area contributed by atoms with Crippen LogP contribution in [-0.2, 0) is 4.79 Å². The summed E-state index contributed by atoms with van der Waals surface area (Å²) in [5, 5.41) is 3.11. The van der Waals surface area contributed by atoms with Gasteiger partial charge in [-0.3, -0.25) is 9.69 Å². The number of nitrogens with one attached hydrogen (secondary N) is 1. The monoisotopic (exact) mass is 226 g/mol. The van der Waals surface area contributed by atoms with E-state index < -0.39 is 0 Å². The van der Waals surface area contributed by atoms with Crippen LogP contribution in [0.5, 0.6) is 0 Å². The Kier molecular flexibility index (Phi) is 4.78. The molecule has 1 N–H and O–H groups in total. The van der Waals surface area contributed by atoms with Crippen LogP contribution in [0.3, 0.4) is 0 Å². The van der Waals surface area contributed by atoms with Crippen LogP contribution in [0.4, 0.5) is 0 Å². The molecule has 0 saturated carbocycles. The summed E-state index contributed by atoms with van der Waals surface area (Å²) in [5.41, 5.74) is 0. The average Bonchev–Trinajstić information content (AvgIpc) is 2.59. The molecule has 94 valence electrons. The van der Waals surface area contributed by atoms with E-state index >= 15 is 0 Å². The smallest absolute Gasteiger partial charge is 0.237 e. The summed E-state index contributed by atoms with van der Waals surface area (Å²) < 4.78 is 0. The molecule has 3 nitrogen and oxygen atoms in total. The zero-order valence-corrected chi connectivity index (χ0v) is 11.3. The molecule has 1 aliphatic rings. The maximum Gasteiger partial charge on any atom is 0.237 e. The van der Waals surface area contributed by atoms with Crippen LogP contribution in [0.2, 0.25) is 0 Å². The van der Waals surface area contributed by atoms with E-state index in [0.29, 0.717) is 11.8 Å². The number of amides is 1. The molecule has 3 heteroatoms. The number of nitrogens with zero attached hydrogens (tertiary/aromatic N) is 1. The molecule has 0 spiro atoms. The van der Waals surface area contributed by atoms with Crippen molar-refractivity contribution in [2.24, 2.45) is 11.8 Å². The van der Waals surface area contributed by atoms with Crippen molar-refractivity contribution < 1.29 is 4.79 Å². The first-order chi connectivity index (χ1) is 7.47. The average molecular weight is 226 g/mol. The highest BCUT2D eigenvalue weighted by molar-refractivity contribution is 5.82. The molecule has 3 atom stereocenters. The fraction of sp³-hybridized carbons (Fsp3) is 0.923. The van der Waals surface area contributed by atoms with Crippen molar-refractivity contribution in [2.75, 3.05) is 13.6 Å². The predicted octanol–water partition coefficient (Wildman–Crippen LogP) is 1.88. The molecule has 0 aromatic rings. The van der Waals surface area contributed by atoms with Crippen molar-refractivity contribution in [3.8, 4) is 0 Å². The summed E-state index contributed by atoms with van der Waals surface area (Å²) in [6, 6.07) is 0.364. The lowest BCUT2D eigenvalue weighted by atomic mass is 9.88. The van der Waals surface area contributed by atoms with Crippen molar-refractivity contribution in [3.05, 3.63) is 0 Å². The molecule has 1 saturated heterocycles. The van der Waals surface area contributed by atoms with E-state index in [1.807, 2.05) is 0 Å². The Morgan fingerprint density at radius 2 is 2.06 bits per heavy atom. The summed E-state index contributed by atoms with van der Waals surface area (Å²) in [7, 11) is 2.06. The number of hydrogen-bond donors (Lipinski definition) is 1. The molecule has 0 bridgehead atoms. The fourth-order valence-electron chi connectivity index (χ4n) is 2.50. The van der Waals surface area contributed by atoms with Gasteiger partial charge in [0.2, 0.25) is 5.91 Å². The Morgan fingerprint density at radius 1 is 1.44 bits per heavy atom. The van der Waals surface area contributed by atoms with E-state index in [4.69, 9.17) is 0 Å². The predicted molar refractivity (Wildman–Crippen MR) is 67.3 cm³/mol. The van der Waals surface area contributed by atoms with Gasteiger partial charge in [0.15, 0.2) is 0 Å². The van der Waals surface area contributed by atoms with Gasteiger partial charge >= 0.3 is 0 Å². The van der Waals surface area contributed by atoms with Crippen molar-refractivity contribution >= 4 is 5.91 Å². The number of likely N-dealkylation sites (tertiary alicyclic amines) is 1. The SMILES string of the molecule is CC[C@@H](C)NC(=O)C1[C@@H](C(C)C)CCN1C. The van der Waals surface area contributed by atoms with Crippen LogP contribution in [0.15, 0.2) is 0 Å². The van der Waals surface area contributed by atoms with Gasteiger partial charge in [-0.15, -0.1) is 0 Å². The molecule has 0 aromatic carbocycles. The number of likely N-dealkylation sites (N-methyl/N-ethyl adjacent to an activating group) is 1. The zero-order valence-electron chi connectivity index (χ0n) is 11.3. The third-order valence-electron chi connectivity index (χ3n) is 3.82. The van der Waals surface area contributed by atoms with E-state index in [0.717, 1.165) is 19.4 Å². The number of carbonyl (C=O) groups excluding carboxylic acids is 1. The van der Waals surface area contributed by atoms with Gasteiger partial charge in [-0.1, -0.05) is 20.8 Å². The second kappa shape index (κ2) is 5.67. The van der Waals surface area contributed by atoms with Gasteiger partial charge in [0.05, 0.1) is 6.04 Å². The Labute approximate surface area is 99.6 Å². The van der Waals surface area contributed by atoms with Gasteiger partial charge in [-0.2, -0.15) is 0 Å². The summed E-state index contributed by atoms with van der Waals surface area (Å²) in [6.45, 7) is 9.64. The number of hydrogen-bond acceptors (Lipinski definition) is 2. The molecule has 1 amide bonds. The van der Waals surface area contributed by atoms with E-state index in [1.165, 1.54) is 0 Å². The van der Waals surface area contributed by atoms with Crippen LogP contribution in [-0.4, -0.2) is 36.5 Å². The van der Waals surface area contributed by atoms with Crippen molar-refractivity contribution in [1.29, 1.82) is 0 Å². The molecule has 16 heavy (non-hydrogen) atoms. The second-order valence-electron chi connectivity index (χ2n) is 5.44. The van der Waals surface area contributed by atoms with Crippen molar-refractivity contribution in [1.82, 2.24) is 10.2 Å².